The van der Waals surface area contributed by atoms with Gasteiger partial charge < -0.3 is 16.0 Å². The number of rotatable bonds is 4. The number of likely N-dealkylation sites (N-methyl/N-ethyl adjacent to an activating group) is 1. The van der Waals surface area contributed by atoms with Gasteiger partial charge in [0.1, 0.15) is 5.82 Å². The fraction of sp³-hybridized carbons (Fsp3) is 0.500. The second-order valence-corrected chi connectivity index (χ2v) is 4.79. The third kappa shape index (κ3) is 3.10. The lowest BCUT2D eigenvalue weighted by atomic mass is 10.0. The molecule has 1 aromatic rings. The van der Waals surface area contributed by atoms with Gasteiger partial charge in [-0.3, -0.25) is 0 Å². The van der Waals surface area contributed by atoms with Crippen molar-refractivity contribution in [2.75, 3.05) is 31.7 Å². The molecule has 0 heterocycles. The van der Waals surface area contributed by atoms with Gasteiger partial charge in [-0.15, -0.1) is 0 Å². The van der Waals surface area contributed by atoms with E-state index < -0.39 is 0 Å². The van der Waals surface area contributed by atoms with Crippen LogP contribution in [0.25, 0.3) is 0 Å². The summed E-state index contributed by atoms with van der Waals surface area (Å²) in [6.07, 6.45) is 0. The van der Waals surface area contributed by atoms with Gasteiger partial charge >= 0.3 is 0 Å². The van der Waals surface area contributed by atoms with E-state index in [1.54, 1.807) is 6.07 Å². The van der Waals surface area contributed by atoms with E-state index in [2.05, 4.69) is 24.1 Å². The first-order chi connectivity index (χ1) is 7.33. The summed E-state index contributed by atoms with van der Waals surface area (Å²) in [5.41, 5.74) is 6.94. The van der Waals surface area contributed by atoms with Crippen molar-refractivity contribution in [1.29, 1.82) is 0 Å². The topological polar surface area (TPSA) is 41.3 Å². The zero-order chi connectivity index (χ0) is 12.3. The molecule has 1 rings (SSSR count). The van der Waals surface area contributed by atoms with E-state index in [-0.39, 0.29) is 11.4 Å². The van der Waals surface area contributed by atoms with E-state index in [1.165, 1.54) is 12.1 Å². The van der Waals surface area contributed by atoms with Gasteiger partial charge in [-0.05, 0) is 46.1 Å². The Labute approximate surface area is 96.4 Å². The zero-order valence-corrected chi connectivity index (χ0v) is 10.3. The number of nitrogens with two attached hydrogens (primary N) is 1. The van der Waals surface area contributed by atoms with Crippen LogP contribution in [0.3, 0.4) is 0 Å². The lowest BCUT2D eigenvalue weighted by Crippen LogP contribution is -2.44. The Kier molecular flexibility index (Phi) is 3.75. The highest BCUT2D eigenvalue weighted by Crippen LogP contribution is 2.20. The molecule has 0 amide bonds. The molecular weight excluding hydrogens is 205 g/mol. The van der Waals surface area contributed by atoms with E-state index in [9.17, 15) is 4.39 Å². The third-order valence-electron chi connectivity index (χ3n) is 2.94. The van der Waals surface area contributed by atoms with Gasteiger partial charge in [-0.2, -0.15) is 0 Å². The SMILES string of the molecule is CN(C)C(C)(C)CNc1ccc(F)cc1N. The first-order valence-electron chi connectivity index (χ1n) is 5.29. The quantitative estimate of drug-likeness (QED) is 0.772. The molecule has 0 saturated heterocycles. The maximum atomic E-state index is 12.8. The minimum atomic E-state index is -0.310. The molecule has 0 aromatic heterocycles. The van der Waals surface area contributed by atoms with E-state index in [1.807, 2.05) is 14.1 Å². The molecule has 90 valence electrons. The van der Waals surface area contributed by atoms with Crippen LogP contribution in [0.15, 0.2) is 18.2 Å². The molecule has 3 N–H and O–H groups in total. The molecule has 0 atom stereocenters. The number of halogens is 1. The van der Waals surface area contributed by atoms with Crippen molar-refractivity contribution < 1.29 is 4.39 Å². The molecule has 0 aliphatic rings. The maximum absolute atomic E-state index is 12.8. The standard InChI is InChI=1S/C12H20FN3/c1-12(2,16(3)4)8-15-11-6-5-9(13)7-10(11)14/h5-7,15H,8,14H2,1-4H3. The van der Waals surface area contributed by atoms with Gasteiger partial charge in [-0.25, -0.2) is 4.39 Å². The van der Waals surface area contributed by atoms with Gasteiger partial charge in [0.2, 0.25) is 0 Å². The number of nitrogens with zero attached hydrogens (tertiary/aromatic N) is 1. The normalized spacial score (nSPS) is 11.9. The van der Waals surface area contributed by atoms with Crippen molar-refractivity contribution in [2.45, 2.75) is 19.4 Å². The summed E-state index contributed by atoms with van der Waals surface area (Å²) in [5, 5.41) is 3.23. The van der Waals surface area contributed by atoms with Crippen molar-refractivity contribution in [1.82, 2.24) is 4.90 Å². The van der Waals surface area contributed by atoms with Crippen LogP contribution in [0.1, 0.15) is 13.8 Å². The molecule has 0 spiro atoms. The number of nitrogen functional groups attached to an aromatic ring is 1. The summed E-state index contributed by atoms with van der Waals surface area (Å²) in [6, 6.07) is 4.39. The third-order valence-corrected chi connectivity index (χ3v) is 2.94. The second-order valence-electron chi connectivity index (χ2n) is 4.79. The van der Waals surface area contributed by atoms with Crippen LogP contribution < -0.4 is 11.1 Å². The number of hydrogen-bond acceptors (Lipinski definition) is 3. The Morgan fingerprint density at radius 1 is 1.38 bits per heavy atom. The summed E-state index contributed by atoms with van der Waals surface area (Å²) >= 11 is 0. The van der Waals surface area contributed by atoms with Gasteiger partial charge in [0.05, 0.1) is 11.4 Å². The Hall–Kier alpha value is -1.29. The largest absolute Gasteiger partial charge is 0.397 e. The summed E-state index contributed by atoms with van der Waals surface area (Å²) in [4.78, 5) is 2.12. The van der Waals surface area contributed by atoms with E-state index in [0.717, 1.165) is 12.2 Å². The summed E-state index contributed by atoms with van der Waals surface area (Å²) in [5.74, 6) is -0.310. The number of nitrogens with one attached hydrogen (secondary N) is 1. The second kappa shape index (κ2) is 4.70. The molecule has 0 radical (unpaired) electrons. The Bertz CT molecular complexity index is 361. The molecule has 3 nitrogen and oxygen atoms in total. The molecule has 0 fully saturated rings. The van der Waals surface area contributed by atoms with E-state index >= 15 is 0 Å². The number of hydrogen-bond donors (Lipinski definition) is 2. The van der Waals surface area contributed by atoms with Gasteiger partial charge in [0, 0.05) is 12.1 Å². The van der Waals surface area contributed by atoms with E-state index in [0.29, 0.717) is 5.69 Å². The predicted molar refractivity (Wildman–Crippen MR) is 67.1 cm³/mol. The maximum Gasteiger partial charge on any atom is 0.125 e. The average molecular weight is 225 g/mol. The number of benzene rings is 1. The molecule has 4 heteroatoms. The molecular formula is C12H20FN3. The molecule has 0 aliphatic heterocycles. The first kappa shape index (κ1) is 12.8. The highest BCUT2D eigenvalue weighted by molar-refractivity contribution is 5.65. The average Bonchev–Trinajstić information content (AvgIpc) is 2.16. The summed E-state index contributed by atoms with van der Waals surface area (Å²) in [6.45, 7) is 5.00. The lowest BCUT2D eigenvalue weighted by Gasteiger charge is -2.33. The van der Waals surface area contributed by atoms with Crippen LogP contribution in [-0.4, -0.2) is 31.1 Å². The van der Waals surface area contributed by atoms with Gasteiger partial charge in [-0.1, -0.05) is 0 Å². The van der Waals surface area contributed by atoms with E-state index in [4.69, 9.17) is 5.73 Å². The van der Waals surface area contributed by atoms with Crippen LogP contribution in [0.2, 0.25) is 0 Å². The van der Waals surface area contributed by atoms with Crippen LogP contribution in [0, 0.1) is 5.82 Å². The first-order valence-corrected chi connectivity index (χ1v) is 5.29. The number of anilines is 2. The molecule has 0 bridgehead atoms. The van der Waals surface area contributed by atoms with Crippen molar-refractivity contribution in [3.8, 4) is 0 Å². The smallest absolute Gasteiger partial charge is 0.125 e. The fourth-order valence-electron chi connectivity index (χ4n) is 1.16. The highest BCUT2D eigenvalue weighted by atomic mass is 19.1. The van der Waals surface area contributed by atoms with Crippen molar-refractivity contribution >= 4 is 11.4 Å². The van der Waals surface area contributed by atoms with Crippen LogP contribution in [0.4, 0.5) is 15.8 Å². The predicted octanol–water partition coefficient (Wildman–Crippen LogP) is 2.16. The Morgan fingerprint density at radius 2 is 2.00 bits per heavy atom. The fourth-order valence-corrected chi connectivity index (χ4v) is 1.16. The minimum Gasteiger partial charge on any atom is -0.397 e. The van der Waals surface area contributed by atoms with Gasteiger partial charge in [0.25, 0.3) is 0 Å². The van der Waals surface area contributed by atoms with Crippen LogP contribution >= 0.6 is 0 Å². The molecule has 0 unspecified atom stereocenters. The lowest BCUT2D eigenvalue weighted by molar-refractivity contribution is 0.210. The Morgan fingerprint density at radius 3 is 2.50 bits per heavy atom. The Balaban J connectivity index is 2.68. The summed E-state index contributed by atoms with van der Waals surface area (Å²) in [7, 11) is 4.05. The van der Waals surface area contributed by atoms with Crippen LogP contribution in [-0.2, 0) is 0 Å². The van der Waals surface area contributed by atoms with Crippen LogP contribution in [0.5, 0.6) is 0 Å². The molecule has 16 heavy (non-hydrogen) atoms. The zero-order valence-electron chi connectivity index (χ0n) is 10.3. The molecule has 0 aliphatic carbocycles. The minimum absolute atomic E-state index is 0.0147. The summed E-state index contributed by atoms with van der Waals surface area (Å²) < 4.78 is 12.8. The highest BCUT2D eigenvalue weighted by Gasteiger charge is 2.20. The van der Waals surface area contributed by atoms with Gasteiger partial charge in [0.15, 0.2) is 0 Å². The van der Waals surface area contributed by atoms with Crippen molar-refractivity contribution in [3.63, 3.8) is 0 Å². The van der Waals surface area contributed by atoms with Crippen molar-refractivity contribution in [3.05, 3.63) is 24.0 Å². The van der Waals surface area contributed by atoms with Crippen molar-refractivity contribution in [2.24, 2.45) is 0 Å². The molecule has 1 aromatic carbocycles. The monoisotopic (exact) mass is 225 g/mol. The molecule has 0 saturated carbocycles.